The van der Waals surface area contributed by atoms with Gasteiger partial charge in [0.25, 0.3) is 5.89 Å². The molecular weight excluding hydrogens is 354 g/mol. The van der Waals surface area contributed by atoms with Crippen LogP contribution in [0.25, 0.3) is 0 Å². The molecule has 0 aliphatic carbocycles. The van der Waals surface area contributed by atoms with Gasteiger partial charge in [0.1, 0.15) is 5.75 Å². The van der Waals surface area contributed by atoms with Gasteiger partial charge in [-0.25, -0.2) is 8.42 Å². The van der Waals surface area contributed by atoms with Crippen LogP contribution in [0.5, 0.6) is 5.75 Å². The Hall–Kier alpha value is -2.71. The Morgan fingerprint density at radius 3 is 2.46 bits per heavy atom. The molecule has 8 heteroatoms. The van der Waals surface area contributed by atoms with E-state index < -0.39 is 10.0 Å². The number of nitrogens with zero attached hydrogens (tertiary/aromatic N) is 3. The Kier molecular flexibility index (Phi) is 5.34. The third kappa shape index (κ3) is 4.27. The molecule has 26 heavy (non-hydrogen) atoms. The van der Waals surface area contributed by atoms with Gasteiger partial charge in [-0.15, -0.1) is 0 Å². The molecule has 3 aromatic rings. The van der Waals surface area contributed by atoms with Crippen molar-refractivity contribution >= 4 is 10.0 Å². The molecule has 0 aliphatic rings. The summed E-state index contributed by atoms with van der Waals surface area (Å²) in [5.74, 6) is 1.24. The molecule has 3 rings (SSSR count). The van der Waals surface area contributed by atoms with E-state index in [1.54, 1.807) is 24.3 Å². The summed E-state index contributed by atoms with van der Waals surface area (Å²) >= 11 is 0. The molecule has 0 unspecified atom stereocenters. The van der Waals surface area contributed by atoms with Crippen LogP contribution in [0.1, 0.15) is 17.3 Å². The summed E-state index contributed by atoms with van der Waals surface area (Å²) < 4.78 is 37.0. The van der Waals surface area contributed by atoms with Crippen LogP contribution >= 0.6 is 0 Å². The molecule has 0 amide bonds. The molecule has 1 heterocycles. The quantitative estimate of drug-likeness (QED) is 0.633. The minimum absolute atomic E-state index is 0.00501. The molecule has 0 saturated carbocycles. The summed E-state index contributed by atoms with van der Waals surface area (Å²) in [7, 11) is -2.14. The van der Waals surface area contributed by atoms with E-state index in [9.17, 15) is 8.42 Å². The van der Waals surface area contributed by atoms with E-state index in [1.807, 2.05) is 37.3 Å². The number of benzene rings is 2. The average molecular weight is 373 g/mol. The number of hydrogen-bond acceptors (Lipinski definition) is 6. The summed E-state index contributed by atoms with van der Waals surface area (Å²) in [4.78, 5) is 4.40. The Labute approximate surface area is 152 Å². The minimum Gasteiger partial charge on any atom is -0.484 e. The van der Waals surface area contributed by atoms with Crippen molar-refractivity contribution < 1.29 is 17.7 Å². The first-order valence-corrected chi connectivity index (χ1v) is 9.41. The lowest BCUT2D eigenvalue weighted by atomic mass is 10.2. The molecule has 0 spiro atoms. The molecule has 0 radical (unpaired) electrons. The van der Waals surface area contributed by atoms with Gasteiger partial charge in [-0.05, 0) is 31.2 Å². The van der Waals surface area contributed by atoms with Crippen LogP contribution in [-0.4, -0.2) is 29.9 Å². The van der Waals surface area contributed by atoms with Crippen LogP contribution in [0.15, 0.2) is 64.0 Å². The SMILES string of the molecule is Cc1ccc(S(=O)(=O)N(C)Cc2noc(COc3ccccc3)n2)cc1. The third-order valence-electron chi connectivity index (χ3n) is 3.71. The van der Waals surface area contributed by atoms with Gasteiger partial charge in [0.15, 0.2) is 12.4 Å². The summed E-state index contributed by atoms with van der Waals surface area (Å²) in [6, 6.07) is 15.9. The number of hydrogen-bond donors (Lipinski definition) is 0. The zero-order valence-electron chi connectivity index (χ0n) is 14.5. The van der Waals surface area contributed by atoms with Crippen molar-refractivity contribution in [3.63, 3.8) is 0 Å². The van der Waals surface area contributed by atoms with E-state index in [1.165, 1.54) is 11.4 Å². The number of aryl methyl sites for hydroxylation is 1. The predicted octanol–water partition coefficient (Wildman–Crippen LogP) is 2.78. The molecule has 0 atom stereocenters. The first-order valence-electron chi connectivity index (χ1n) is 7.97. The van der Waals surface area contributed by atoms with Gasteiger partial charge in [-0.2, -0.15) is 9.29 Å². The van der Waals surface area contributed by atoms with Gasteiger partial charge in [-0.3, -0.25) is 0 Å². The van der Waals surface area contributed by atoms with Crippen LogP contribution in [0.3, 0.4) is 0 Å². The molecule has 7 nitrogen and oxygen atoms in total. The normalized spacial score (nSPS) is 11.7. The molecular formula is C18H19N3O4S. The van der Waals surface area contributed by atoms with Crippen LogP contribution < -0.4 is 4.74 Å². The minimum atomic E-state index is -3.62. The summed E-state index contributed by atoms with van der Waals surface area (Å²) in [5, 5.41) is 3.82. The zero-order chi connectivity index (χ0) is 18.6. The van der Waals surface area contributed by atoms with Crippen molar-refractivity contribution in [1.82, 2.24) is 14.4 Å². The van der Waals surface area contributed by atoms with E-state index in [2.05, 4.69) is 10.1 Å². The standard InChI is InChI=1S/C18H19N3O4S/c1-14-8-10-16(11-9-14)26(22,23)21(2)12-17-19-18(25-20-17)13-24-15-6-4-3-5-7-15/h3-11H,12-13H2,1-2H3. The zero-order valence-corrected chi connectivity index (χ0v) is 15.3. The highest BCUT2D eigenvalue weighted by molar-refractivity contribution is 7.89. The Bertz CT molecular complexity index is 954. The topological polar surface area (TPSA) is 85.5 Å². The monoisotopic (exact) mass is 373 g/mol. The van der Waals surface area contributed by atoms with Crippen LogP contribution in [0.2, 0.25) is 0 Å². The maximum Gasteiger partial charge on any atom is 0.264 e. The summed E-state index contributed by atoms with van der Waals surface area (Å²) in [6.45, 7) is 2.02. The van der Waals surface area contributed by atoms with E-state index >= 15 is 0 Å². The molecule has 2 aromatic carbocycles. The molecule has 0 saturated heterocycles. The van der Waals surface area contributed by atoms with Crippen molar-refractivity contribution in [2.45, 2.75) is 25.0 Å². The highest BCUT2D eigenvalue weighted by Gasteiger charge is 2.22. The smallest absolute Gasteiger partial charge is 0.264 e. The predicted molar refractivity (Wildman–Crippen MR) is 94.9 cm³/mol. The summed E-state index contributed by atoms with van der Waals surface area (Å²) in [5.41, 5.74) is 0.993. The number of sulfonamides is 1. The fraction of sp³-hybridized carbons (Fsp3) is 0.222. The van der Waals surface area contributed by atoms with Crippen molar-refractivity contribution in [3.8, 4) is 5.75 Å². The molecule has 0 aliphatic heterocycles. The first kappa shape index (κ1) is 18.1. The maximum absolute atomic E-state index is 12.6. The molecule has 0 bridgehead atoms. The lowest BCUT2D eigenvalue weighted by Gasteiger charge is -2.15. The summed E-state index contributed by atoms with van der Waals surface area (Å²) in [6.07, 6.45) is 0. The van der Waals surface area contributed by atoms with Gasteiger partial charge in [-0.1, -0.05) is 41.1 Å². The number of aromatic nitrogens is 2. The van der Waals surface area contributed by atoms with E-state index in [4.69, 9.17) is 9.26 Å². The lowest BCUT2D eigenvalue weighted by Crippen LogP contribution is -2.27. The van der Waals surface area contributed by atoms with Gasteiger partial charge in [0.05, 0.1) is 11.4 Å². The largest absolute Gasteiger partial charge is 0.484 e. The molecule has 1 aromatic heterocycles. The molecule has 0 N–H and O–H groups in total. The fourth-order valence-corrected chi connectivity index (χ4v) is 3.37. The van der Waals surface area contributed by atoms with Gasteiger partial charge < -0.3 is 9.26 Å². The Morgan fingerprint density at radius 1 is 1.08 bits per heavy atom. The van der Waals surface area contributed by atoms with E-state index in [-0.39, 0.29) is 29.8 Å². The van der Waals surface area contributed by atoms with Crippen molar-refractivity contribution in [3.05, 3.63) is 71.9 Å². The first-order chi connectivity index (χ1) is 12.4. The third-order valence-corrected chi connectivity index (χ3v) is 5.53. The highest BCUT2D eigenvalue weighted by Crippen LogP contribution is 2.17. The second kappa shape index (κ2) is 7.67. The van der Waals surface area contributed by atoms with Crippen molar-refractivity contribution in [2.75, 3.05) is 7.05 Å². The lowest BCUT2D eigenvalue weighted by molar-refractivity contribution is 0.242. The van der Waals surface area contributed by atoms with E-state index in [0.717, 1.165) is 5.56 Å². The second-order valence-electron chi connectivity index (χ2n) is 5.78. The highest BCUT2D eigenvalue weighted by atomic mass is 32.2. The second-order valence-corrected chi connectivity index (χ2v) is 7.83. The van der Waals surface area contributed by atoms with Crippen LogP contribution in [0.4, 0.5) is 0 Å². The van der Waals surface area contributed by atoms with Gasteiger partial charge >= 0.3 is 0 Å². The molecule has 136 valence electrons. The Balaban J connectivity index is 1.63. The number of ether oxygens (including phenoxy) is 1. The van der Waals surface area contributed by atoms with Crippen molar-refractivity contribution in [1.29, 1.82) is 0 Å². The van der Waals surface area contributed by atoms with Crippen LogP contribution in [0, 0.1) is 6.92 Å². The Morgan fingerprint density at radius 2 is 1.77 bits per heavy atom. The molecule has 0 fully saturated rings. The average Bonchev–Trinajstić information content (AvgIpc) is 3.08. The fourth-order valence-electron chi connectivity index (χ4n) is 2.25. The van der Waals surface area contributed by atoms with Crippen molar-refractivity contribution in [2.24, 2.45) is 0 Å². The van der Waals surface area contributed by atoms with Gasteiger partial charge in [0, 0.05) is 7.05 Å². The number of para-hydroxylation sites is 1. The van der Waals surface area contributed by atoms with Gasteiger partial charge in [0.2, 0.25) is 10.0 Å². The van der Waals surface area contributed by atoms with E-state index in [0.29, 0.717) is 5.75 Å². The maximum atomic E-state index is 12.6. The van der Waals surface area contributed by atoms with Crippen LogP contribution in [-0.2, 0) is 23.2 Å². The number of rotatable bonds is 7.